The number of morpholine rings is 1. The monoisotopic (exact) mass is 453 g/mol. The molecule has 9 nitrogen and oxygen atoms in total. The molecule has 2 aromatic rings. The van der Waals surface area contributed by atoms with Gasteiger partial charge >= 0.3 is 0 Å². The maximum Gasteiger partial charge on any atom is 0.255 e. The fourth-order valence-electron chi connectivity index (χ4n) is 2.84. The Morgan fingerprint density at radius 1 is 0.900 bits per heavy atom. The van der Waals surface area contributed by atoms with Crippen LogP contribution in [-0.4, -0.2) is 71.8 Å². The molecule has 1 heterocycles. The maximum absolute atomic E-state index is 12.6. The minimum atomic E-state index is -3.63. The van der Waals surface area contributed by atoms with Gasteiger partial charge in [0.15, 0.2) is 0 Å². The lowest BCUT2D eigenvalue weighted by Crippen LogP contribution is -2.40. The standard InChI is InChI=1S/C19H23N3O6S2/c1-21(2)29(24,25)17-9-5-16(6-10-17)20-19(23)15-3-7-18(8-4-15)30(26,27)22-11-13-28-14-12-22/h3-10H,11-14H2,1-2H3,(H,20,23). The summed E-state index contributed by atoms with van der Waals surface area (Å²) in [6, 6.07) is 11.5. The summed E-state index contributed by atoms with van der Waals surface area (Å²) in [5.74, 6) is -0.437. The number of benzene rings is 2. The first-order valence-electron chi connectivity index (χ1n) is 9.14. The van der Waals surface area contributed by atoms with Gasteiger partial charge in [0.25, 0.3) is 5.91 Å². The summed E-state index contributed by atoms with van der Waals surface area (Å²) in [6.07, 6.45) is 0. The molecule has 1 fully saturated rings. The van der Waals surface area contributed by atoms with E-state index in [9.17, 15) is 21.6 Å². The van der Waals surface area contributed by atoms with Gasteiger partial charge in [0.1, 0.15) is 0 Å². The molecule has 0 saturated carbocycles. The Labute approximate surface area is 176 Å². The van der Waals surface area contributed by atoms with Gasteiger partial charge in [-0.2, -0.15) is 4.31 Å². The summed E-state index contributed by atoms with van der Waals surface area (Å²) in [4.78, 5) is 12.7. The minimum absolute atomic E-state index is 0.110. The number of ether oxygens (including phenoxy) is 1. The quantitative estimate of drug-likeness (QED) is 0.703. The van der Waals surface area contributed by atoms with Crippen molar-refractivity contribution in [2.45, 2.75) is 9.79 Å². The lowest BCUT2D eigenvalue weighted by Gasteiger charge is -2.26. The molecular weight excluding hydrogens is 430 g/mol. The lowest BCUT2D eigenvalue weighted by molar-refractivity contribution is 0.0730. The smallest absolute Gasteiger partial charge is 0.255 e. The third kappa shape index (κ3) is 4.71. The van der Waals surface area contributed by atoms with Crippen molar-refractivity contribution in [3.8, 4) is 0 Å². The average Bonchev–Trinajstić information content (AvgIpc) is 2.74. The third-order valence-corrected chi connectivity index (χ3v) is 8.36. The molecule has 0 radical (unpaired) electrons. The van der Waals surface area contributed by atoms with E-state index >= 15 is 0 Å². The molecule has 0 aromatic heterocycles. The van der Waals surface area contributed by atoms with E-state index in [1.165, 1.54) is 66.9 Å². The van der Waals surface area contributed by atoms with Crippen LogP contribution in [0.15, 0.2) is 58.3 Å². The van der Waals surface area contributed by atoms with Crippen molar-refractivity contribution in [2.75, 3.05) is 45.7 Å². The summed E-state index contributed by atoms with van der Waals surface area (Å²) in [5.41, 5.74) is 0.698. The number of sulfonamides is 2. The Kier molecular flexibility index (Phi) is 6.58. The minimum Gasteiger partial charge on any atom is -0.379 e. The van der Waals surface area contributed by atoms with E-state index in [0.717, 1.165) is 4.31 Å². The lowest BCUT2D eigenvalue weighted by atomic mass is 10.2. The molecule has 0 unspecified atom stereocenters. The van der Waals surface area contributed by atoms with Gasteiger partial charge in [-0.25, -0.2) is 21.1 Å². The first-order chi connectivity index (χ1) is 14.1. The van der Waals surface area contributed by atoms with Crippen LogP contribution in [0.1, 0.15) is 10.4 Å². The average molecular weight is 454 g/mol. The van der Waals surface area contributed by atoms with Gasteiger partial charge in [0, 0.05) is 38.4 Å². The summed E-state index contributed by atoms with van der Waals surface area (Å²) in [6.45, 7) is 1.30. The Morgan fingerprint density at radius 3 is 1.97 bits per heavy atom. The number of hydrogen-bond donors (Lipinski definition) is 1. The topological polar surface area (TPSA) is 113 Å². The number of rotatable bonds is 6. The van der Waals surface area contributed by atoms with Crippen LogP contribution in [0.25, 0.3) is 0 Å². The molecule has 30 heavy (non-hydrogen) atoms. The molecule has 1 aliphatic heterocycles. The number of amides is 1. The summed E-state index contributed by atoms with van der Waals surface area (Å²) in [7, 11) is -4.30. The van der Waals surface area contributed by atoms with E-state index < -0.39 is 26.0 Å². The summed E-state index contributed by atoms with van der Waals surface area (Å²) in [5, 5.41) is 2.66. The van der Waals surface area contributed by atoms with Crippen LogP contribution in [0.4, 0.5) is 5.69 Å². The van der Waals surface area contributed by atoms with E-state index in [1.54, 1.807) is 0 Å². The van der Waals surface area contributed by atoms with Gasteiger partial charge in [0.05, 0.1) is 23.0 Å². The molecule has 1 aliphatic rings. The Morgan fingerprint density at radius 2 is 1.43 bits per heavy atom. The molecule has 3 rings (SSSR count). The third-order valence-electron chi connectivity index (χ3n) is 4.62. The highest BCUT2D eigenvalue weighted by atomic mass is 32.2. The Hall–Kier alpha value is -2.31. The van der Waals surface area contributed by atoms with Crippen molar-refractivity contribution in [3.63, 3.8) is 0 Å². The van der Waals surface area contributed by atoms with E-state index in [0.29, 0.717) is 32.0 Å². The second-order valence-corrected chi connectivity index (χ2v) is 10.9. The van der Waals surface area contributed by atoms with Crippen LogP contribution in [0, 0.1) is 0 Å². The van der Waals surface area contributed by atoms with Crippen molar-refractivity contribution >= 4 is 31.6 Å². The van der Waals surface area contributed by atoms with Gasteiger partial charge in [-0.1, -0.05) is 0 Å². The number of carbonyl (C=O) groups is 1. The molecule has 162 valence electrons. The number of hydrogen-bond acceptors (Lipinski definition) is 6. The van der Waals surface area contributed by atoms with Gasteiger partial charge in [-0.3, -0.25) is 4.79 Å². The van der Waals surface area contributed by atoms with E-state index in [-0.39, 0.29) is 15.4 Å². The van der Waals surface area contributed by atoms with Gasteiger partial charge in [-0.05, 0) is 48.5 Å². The number of nitrogens with one attached hydrogen (secondary N) is 1. The van der Waals surface area contributed by atoms with Crippen LogP contribution in [0.2, 0.25) is 0 Å². The van der Waals surface area contributed by atoms with Crippen molar-refractivity contribution in [3.05, 3.63) is 54.1 Å². The second-order valence-electron chi connectivity index (χ2n) is 6.81. The van der Waals surface area contributed by atoms with Crippen LogP contribution in [0.5, 0.6) is 0 Å². The summed E-state index contributed by atoms with van der Waals surface area (Å²) >= 11 is 0. The van der Waals surface area contributed by atoms with E-state index in [4.69, 9.17) is 4.74 Å². The van der Waals surface area contributed by atoms with Gasteiger partial charge in [-0.15, -0.1) is 0 Å². The molecular formula is C19H23N3O6S2. The molecule has 1 N–H and O–H groups in total. The molecule has 0 bridgehead atoms. The van der Waals surface area contributed by atoms with Crippen molar-refractivity contribution in [1.82, 2.24) is 8.61 Å². The van der Waals surface area contributed by atoms with Crippen LogP contribution < -0.4 is 5.32 Å². The first-order valence-corrected chi connectivity index (χ1v) is 12.0. The number of nitrogens with zero attached hydrogens (tertiary/aromatic N) is 2. The maximum atomic E-state index is 12.6. The fourth-order valence-corrected chi connectivity index (χ4v) is 5.15. The number of anilines is 1. The highest BCUT2D eigenvalue weighted by Gasteiger charge is 2.26. The van der Waals surface area contributed by atoms with Gasteiger partial charge in [0.2, 0.25) is 20.0 Å². The molecule has 1 saturated heterocycles. The SMILES string of the molecule is CN(C)S(=O)(=O)c1ccc(NC(=O)c2ccc(S(=O)(=O)N3CCOCC3)cc2)cc1. The van der Waals surface area contributed by atoms with Crippen LogP contribution in [0.3, 0.4) is 0 Å². The molecule has 0 aliphatic carbocycles. The zero-order valence-corrected chi connectivity index (χ0v) is 18.2. The summed E-state index contributed by atoms with van der Waals surface area (Å²) < 4.78 is 57.1. The van der Waals surface area contributed by atoms with Gasteiger partial charge < -0.3 is 10.1 Å². The van der Waals surface area contributed by atoms with Crippen molar-refractivity contribution in [1.29, 1.82) is 0 Å². The largest absolute Gasteiger partial charge is 0.379 e. The Bertz CT molecular complexity index is 1110. The van der Waals surface area contributed by atoms with Crippen molar-refractivity contribution < 1.29 is 26.4 Å². The zero-order valence-electron chi connectivity index (χ0n) is 16.6. The van der Waals surface area contributed by atoms with Crippen molar-refractivity contribution in [2.24, 2.45) is 0 Å². The molecule has 11 heteroatoms. The van der Waals surface area contributed by atoms with Crippen LogP contribution >= 0.6 is 0 Å². The van der Waals surface area contributed by atoms with E-state index in [1.807, 2.05) is 0 Å². The molecule has 0 atom stereocenters. The number of carbonyl (C=O) groups excluding carboxylic acids is 1. The fraction of sp³-hybridized carbons (Fsp3) is 0.316. The highest BCUT2D eigenvalue weighted by molar-refractivity contribution is 7.89. The molecule has 2 aromatic carbocycles. The predicted octanol–water partition coefficient (Wildman–Crippen LogP) is 1.21. The van der Waals surface area contributed by atoms with Crippen LogP contribution in [-0.2, 0) is 24.8 Å². The highest BCUT2D eigenvalue weighted by Crippen LogP contribution is 2.20. The van der Waals surface area contributed by atoms with E-state index in [2.05, 4.69) is 5.32 Å². The molecule has 1 amide bonds. The first kappa shape index (κ1) is 22.4. The Balaban J connectivity index is 1.70. The molecule has 0 spiro atoms. The zero-order chi connectivity index (χ0) is 21.9. The second kappa shape index (κ2) is 8.82. The predicted molar refractivity (Wildman–Crippen MR) is 111 cm³/mol. The normalized spacial score (nSPS) is 15.8.